The molecule has 0 saturated heterocycles. The van der Waals surface area contributed by atoms with Crippen molar-refractivity contribution in [2.75, 3.05) is 0 Å². The zero-order chi connectivity index (χ0) is 33.8. The van der Waals surface area contributed by atoms with Crippen molar-refractivity contribution in [3.63, 3.8) is 0 Å². The molecule has 0 fully saturated rings. The molecule has 0 aliphatic rings. The van der Waals surface area contributed by atoms with Crippen LogP contribution in [0, 0.1) is 0 Å². The van der Waals surface area contributed by atoms with Crippen molar-refractivity contribution in [1.29, 1.82) is 0 Å². The van der Waals surface area contributed by atoms with Gasteiger partial charge in [-0.1, -0.05) is 0 Å². The van der Waals surface area contributed by atoms with E-state index in [4.69, 9.17) is 89.4 Å². The molecule has 19 nitrogen and oxygen atoms in total. The number of carboxylic acids is 9. The Morgan fingerprint density at radius 2 is 0.368 bits per heavy atom. The first kappa shape index (κ1) is 58.8. The van der Waals surface area contributed by atoms with Crippen LogP contribution in [0.2, 0.25) is 0 Å². The molecule has 0 rings (SSSR count). The molecule has 0 aromatic carbocycles. The van der Waals surface area contributed by atoms with Crippen LogP contribution in [-0.2, 0) is 43.2 Å². The first-order valence-corrected chi connectivity index (χ1v) is 8.97. The number of aliphatic hydroxyl groups is 1. The van der Waals surface area contributed by atoms with Gasteiger partial charge in [0, 0.05) is 55.4 Å². The minimum atomic E-state index is -1.23. The summed E-state index contributed by atoms with van der Waals surface area (Å²) in [4.78, 5) is 81.4. The van der Waals surface area contributed by atoms with Crippen molar-refractivity contribution in [1.82, 2.24) is 0 Å². The Morgan fingerprint density at radius 1 is 0.342 bits per heavy atom. The van der Waals surface area contributed by atoms with Gasteiger partial charge in [0.1, 0.15) is 6.10 Å². The third-order valence-electron chi connectivity index (χ3n) is 0.357. The maximum atomic E-state index is 9.45. The number of hydrogen-bond acceptors (Lipinski definition) is 10. The number of carbonyl (C=O) groups is 9. The Kier molecular flexibility index (Phi) is 76.3. The standard InChI is InChI=1S/C3H6O3.8C2H4O2/c1-2(4)3(5)6;8*1-2(3)4/h2,4H,1H3,(H,5,6);8*1H3,(H,3,4). The van der Waals surface area contributed by atoms with E-state index in [1.54, 1.807) is 0 Å². The lowest BCUT2D eigenvalue weighted by molar-refractivity contribution is -0.145. The summed E-state index contributed by atoms with van der Waals surface area (Å²) in [7, 11) is 0. The quantitative estimate of drug-likeness (QED) is 0.201. The molecular weight excluding hydrogens is 532 g/mol. The van der Waals surface area contributed by atoms with Gasteiger partial charge in [0.05, 0.1) is 0 Å². The van der Waals surface area contributed by atoms with E-state index < -0.39 is 59.8 Å². The first-order valence-electron chi connectivity index (χ1n) is 8.97. The summed E-state index contributed by atoms with van der Waals surface area (Å²) in [6.45, 7) is 9.86. The summed E-state index contributed by atoms with van der Waals surface area (Å²) in [5.74, 6) is -7.85. The van der Waals surface area contributed by atoms with Crippen LogP contribution in [0.4, 0.5) is 0 Å². The molecule has 0 spiro atoms. The minimum absolute atomic E-state index is 0.833. The van der Waals surface area contributed by atoms with Crippen LogP contribution in [0.1, 0.15) is 62.3 Å². The summed E-state index contributed by atoms with van der Waals surface area (Å²) < 4.78 is 0. The smallest absolute Gasteiger partial charge is 0.332 e. The molecule has 0 aromatic heterocycles. The van der Waals surface area contributed by atoms with Crippen molar-refractivity contribution in [3.05, 3.63) is 0 Å². The van der Waals surface area contributed by atoms with Gasteiger partial charge in [0.2, 0.25) is 0 Å². The largest absolute Gasteiger partial charge is 0.481 e. The van der Waals surface area contributed by atoms with Gasteiger partial charge >= 0.3 is 5.97 Å². The molecule has 1 atom stereocenters. The van der Waals surface area contributed by atoms with E-state index in [0.717, 1.165) is 55.4 Å². The number of hydrogen-bond donors (Lipinski definition) is 10. The highest BCUT2D eigenvalue weighted by atomic mass is 16.4. The van der Waals surface area contributed by atoms with E-state index in [9.17, 15) is 4.79 Å². The lowest BCUT2D eigenvalue weighted by Gasteiger charge is -1.89. The Balaban J connectivity index is -0.0000000357. The summed E-state index contributed by atoms with van der Waals surface area (Å²) in [6, 6.07) is 0. The fourth-order valence-corrected chi connectivity index (χ4v) is 0. The van der Waals surface area contributed by atoms with Gasteiger partial charge in [-0.05, 0) is 6.92 Å². The normalized spacial score (nSPS) is 7.42. The van der Waals surface area contributed by atoms with Crippen molar-refractivity contribution < 1.29 is 94.2 Å². The molecule has 0 heterocycles. The lowest BCUT2D eigenvalue weighted by atomic mass is 10.4. The molecule has 0 bridgehead atoms. The third kappa shape index (κ3) is 43300. The van der Waals surface area contributed by atoms with Crippen LogP contribution in [-0.4, -0.2) is 111 Å². The maximum Gasteiger partial charge on any atom is 0.332 e. The summed E-state index contributed by atoms with van der Waals surface area (Å²) in [6.07, 6.45) is -1.23. The molecule has 0 aromatic rings. The van der Waals surface area contributed by atoms with Crippen LogP contribution >= 0.6 is 0 Å². The monoisotopic (exact) mass is 570 g/mol. The molecule has 0 saturated carbocycles. The Hall–Kier alpha value is -4.81. The van der Waals surface area contributed by atoms with E-state index in [1.165, 1.54) is 6.92 Å². The highest BCUT2D eigenvalue weighted by Crippen LogP contribution is 1.73. The highest BCUT2D eigenvalue weighted by molar-refractivity contribution is 5.71. The predicted octanol–water partition coefficient (Wildman–Crippen LogP) is 0.179. The Morgan fingerprint density at radius 3 is 0.368 bits per heavy atom. The van der Waals surface area contributed by atoms with Gasteiger partial charge in [0.25, 0.3) is 47.8 Å². The Labute approximate surface area is 217 Å². The molecular formula is C19H38O19. The van der Waals surface area contributed by atoms with Gasteiger partial charge < -0.3 is 51.1 Å². The second-order valence-electron chi connectivity index (χ2n) is 5.17. The van der Waals surface area contributed by atoms with E-state index in [1.807, 2.05) is 0 Å². The van der Waals surface area contributed by atoms with Crippen LogP contribution in [0.3, 0.4) is 0 Å². The molecule has 38 heavy (non-hydrogen) atoms. The van der Waals surface area contributed by atoms with E-state index in [0.29, 0.717) is 0 Å². The second kappa shape index (κ2) is 49.4. The molecule has 1 unspecified atom stereocenters. The van der Waals surface area contributed by atoms with Crippen LogP contribution in [0.15, 0.2) is 0 Å². The van der Waals surface area contributed by atoms with E-state index in [-0.39, 0.29) is 0 Å². The minimum Gasteiger partial charge on any atom is -0.481 e. The van der Waals surface area contributed by atoms with E-state index in [2.05, 4.69) is 0 Å². The fourth-order valence-electron chi connectivity index (χ4n) is 0. The highest BCUT2D eigenvalue weighted by Gasteiger charge is 2.01. The van der Waals surface area contributed by atoms with Gasteiger partial charge in [-0.2, -0.15) is 0 Å². The molecule has 19 heteroatoms. The molecule has 0 radical (unpaired) electrons. The molecule has 0 amide bonds. The fraction of sp³-hybridized carbons (Fsp3) is 0.526. The first-order chi connectivity index (χ1) is 16.5. The summed E-state index contributed by atoms with van der Waals surface area (Å²) in [5.41, 5.74) is 0. The maximum absolute atomic E-state index is 9.45. The average molecular weight is 570 g/mol. The van der Waals surface area contributed by atoms with Gasteiger partial charge in [-0.25, -0.2) is 4.79 Å². The van der Waals surface area contributed by atoms with Crippen molar-refractivity contribution in [3.8, 4) is 0 Å². The summed E-state index contributed by atoms with van der Waals surface area (Å²) in [5, 5.41) is 75.1. The number of rotatable bonds is 1. The van der Waals surface area contributed by atoms with Crippen molar-refractivity contribution in [2.45, 2.75) is 68.4 Å². The number of aliphatic hydroxyl groups excluding tert-OH is 1. The van der Waals surface area contributed by atoms with Crippen molar-refractivity contribution in [2.24, 2.45) is 0 Å². The Bertz CT molecular complexity index is 489. The zero-order valence-electron chi connectivity index (χ0n) is 22.2. The van der Waals surface area contributed by atoms with Crippen LogP contribution in [0.25, 0.3) is 0 Å². The number of carboxylic acid groups (broad SMARTS) is 9. The van der Waals surface area contributed by atoms with Crippen LogP contribution < -0.4 is 0 Å². The van der Waals surface area contributed by atoms with Gasteiger partial charge in [-0.15, -0.1) is 0 Å². The molecule has 10 N–H and O–H groups in total. The number of aliphatic carboxylic acids is 9. The second-order valence-corrected chi connectivity index (χ2v) is 5.17. The predicted molar refractivity (Wildman–Crippen MR) is 126 cm³/mol. The summed E-state index contributed by atoms with van der Waals surface area (Å²) >= 11 is 0. The average Bonchev–Trinajstić information content (AvgIpc) is 2.49. The van der Waals surface area contributed by atoms with Gasteiger partial charge in [0.15, 0.2) is 0 Å². The van der Waals surface area contributed by atoms with Crippen LogP contribution in [0.5, 0.6) is 0 Å². The zero-order valence-corrected chi connectivity index (χ0v) is 22.2. The van der Waals surface area contributed by atoms with Gasteiger partial charge in [-0.3, -0.25) is 38.4 Å². The molecule has 0 aliphatic heterocycles. The topological polar surface area (TPSA) is 356 Å². The molecule has 228 valence electrons. The van der Waals surface area contributed by atoms with Crippen molar-refractivity contribution >= 4 is 53.7 Å². The van der Waals surface area contributed by atoms with E-state index >= 15 is 0 Å². The lowest BCUT2D eigenvalue weighted by Crippen LogP contribution is -2.13. The SMILES string of the molecule is CC(=O)O.CC(=O)O.CC(=O)O.CC(=O)O.CC(=O)O.CC(=O)O.CC(=O)O.CC(=O)O.CC(O)C(=O)O. The third-order valence-corrected chi connectivity index (χ3v) is 0.357. The molecule has 0 aliphatic carbocycles.